The van der Waals surface area contributed by atoms with Gasteiger partial charge in [-0.2, -0.15) is 10.5 Å². The summed E-state index contributed by atoms with van der Waals surface area (Å²) >= 11 is 5.92. The van der Waals surface area contributed by atoms with Crippen LogP contribution in [0.15, 0.2) is 23.8 Å². The fraction of sp³-hybridized carbons (Fsp3) is 0.231. The van der Waals surface area contributed by atoms with Crippen molar-refractivity contribution in [1.29, 1.82) is 10.5 Å². The molecule has 0 amide bonds. The van der Waals surface area contributed by atoms with Gasteiger partial charge in [0.1, 0.15) is 17.7 Å². The van der Waals surface area contributed by atoms with E-state index < -0.39 is 0 Å². The van der Waals surface area contributed by atoms with Crippen molar-refractivity contribution in [1.82, 2.24) is 0 Å². The minimum Gasteiger partial charge on any atom is -0.192 e. The Morgan fingerprint density at radius 2 is 2.06 bits per heavy atom. The van der Waals surface area contributed by atoms with Crippen LogP contribution >= 0.6 is 11.6 Å². The second kappa shape index (κ2) is 4.00. The molecule has 0 spiro atoms. The van der Waals surface area contributed by atoms with Gasteiger partial charge < -0.3 is 0 Å². The largest absolute Gasteiger partial charge is 0.192 e. The molecule has 1 aromatic carbocycles. The van der Waals surface area contributed by atoms with Gasteiger partial charge in [-0.1, -0.05) is 24.6 Å². The Balaban J connectivity index is 2.67. The van der Waals surface area contributed by atoms with E-state index in [1.54, 1.807) is 6.07 Å². The monoisotopic (exact) mass is 228 g/mol. The van der Waals surface area contributed by atoms with Gasteiger partial charge in [-0.05, 0) is 41.2 Å². The lowest BCUT2D eigenvalue weighted by molar-refractivity contribution is 0.779. The van der Waals surface area contributed by atoms with Crippen LogP contribution in [-0.2, 0) is 6.42 Å². The van der Waals surface area contributed by atoms with Crippen LogP contribution in [0.3, 0.4) is 0 Å². The van der Waals surface area contributed by atoms with Crippen molar-refractivity contribution in [2.24, 2.45) is 5.92 Å². The van der Waals surface area contributed by atoms with Crippen LogP contribution in [0.4, 0.5) is 0 Å². The molecule has 2 rings (SSSR count). The van der Waals surface area contributed by atoms with E-state index in [1.807, 2.05) is 31.2 Å². The number of hydrogen-bond donors (Lipinski definition) is 0. The third-order valence-corrected chi connectivity index (χ3v) is 3.10. The Hall–Kier alpha value is -1.77. The van der Waals surface area contributed by atoms with E-state index in [0.717, 1.165) is 23.1 Å². The molecule has 0 aliphatic heterocycles. The number of fused-ring (bicyclic) bond motifs is 1. The smallest absolute Gasteiger partial charge is 0.133 e. The summed E-state index contributed by atoms with van der Waals surface area (Å²) in [4.78, 5) is 0. The Labute approximate surface area is 99.4 Å². The average Bonchev–Trinajstić information content (AvgIpc) is 2.57. The van der Waals surface area contributed by atoms with Crippen molar-refractivity contribution in [2.45, 2.75) is 13.3 Å². The predicted octanol–water partition coefficient (Wildman–Crippen LogP) is 3.33. The van der Waals surface area contributed by atoms with Crippen molar-refractivity contribution in [3.8, 4) is 12.1 Å². The molecule has 1 atom stereocenters. The zero-order valence-corrected chi connectivity index (χ0v) is 9.54. The lowest BCUT2D eigenvalue weighted by atomic mass is 9.97. The van der Waals surface area contributed by atoms with E-state index in [0.29, 0.717) is 5.02 Å². The van der Waals surface area contributed by atoms with Crippen LogP contribution in [-0.4, -0.2) is 0 Å². The van der Waals surface area contributed by atoms with Gasteiger partial charge in [0.2, 0.25) is 0 Å². The van der Waals surface area contributed by atoms with E-state index in [9.17, 15) is 0 Å². The van der Waals surface area contributed by atoms with Gasteiger partial charge in [-0.15, -0.1) is 0 Å². The van der Waals surface area contributed by atoms with Gasteiger partial charge in [0.25, 0.3) is 0 Å². The Morgan fingerprint density at radius 1 is 1.38 bits per heavy atom. The van der Waals surface area contributed by atoms with E-state index in [-0.39, 0.29) is 11.5 Å². The van der Waals surface area contributed by atoms with E-state index in [2.05, 4.69) is 0 Å². The highest BCUT2D eigenvalue weighted by molar-refractivity contribution is 6.30. The Bertz CT molecular complexity index is 542. The van der Waals surface area contributed by atoms with Crippen molar-refractivity contribution in [3.05, 3.63) is 39.9 Å². The maximum absolute atomic E-state index is 8.93. The minimum absolute atomic E-state index is 0.211. The molecular formula is C13H9ClN2. The molecule has 0 saturated heterocycles. The number of nitrogens with zero attached hydrogens (tertiary/aromatic N) is 2. The predicted molar refractivity (Wildman–Crippen MR) is 62.5 cm³/mol. The van der Waals surface area contributed by atoms with Gasteiger partial charge in [-0.3, -0.25) is 0 Å². The number of halogens is 1. The quantitative estimate of drug-likeness (QED) is 0.640. The molecule has 2 nitrogen and oxygen atoms in total. The van der Waals surface area contributed by atoms with Gasteiger partial charge in [-0.25, -0.2) is 0 Å². The van der Waals surface area contributed by atoms with Crippen LogP contribution in [0.5, 0.6) is 0 Å². The summed E-state index contributed by atoms with van der Waals surface area (Å²) in [6, 6.07) is 9.53. The van der Waals surface area contributed by atoms with Gasteiger partial charge >= 0.3 is 0 Å². The van der Waals surface area contributed by atoms with Crippen LogP contribution in [0.25, 0.3) is 5.57 Å². The topological polar surface area (TPSA) is 47.6 Å². The summed E-state index contributed by atoms with van der Waals surface area (Å²) in [5.74, 6) is 0.211. The van der Waals surface area contributed by atoms with Gasteiger partial charge in [0, 0.05) is 5.02 Å². The highest BCUT2D eigenvalue weighted by Gasteiger charge is 2.26. The second-order valence-corrected chi connectivity index (χ2v) is 4.36. The molecule has 0 bridgehead atoms. The molecule has 16 heavy (non-hydrogen) atoms. The second-order valence-electron chi connectivity index (χ2n) is 3.92. The molecule has 1 aliphatic rings. The number of nitriles is 2. The molecule has 1 unspecified atom stereocenters. The minimum atomic E-state index is 0.211. The third kappa shape index (κ3) is 1.58. The molecule has 0 heterocycles. The molecule has 0 saturated carbocycles. The first-order valence-corrected chi connectivity index (χ1v) is 5.38. The van der Waals surface area contributed by atoms with Crippen LogP contribution in [0.1, 0.15) is 18.1 Å². The number of hydrogen-bond acceptors (Lipinski definition) is 2. The summed E-state index contributed by atoms with van der Waals surface area (Å²) in [5.41, 5.74) is 3.19. The molecule has 3 heteroatoms. The average molecular weight is 229 g/mol. The fourth-order valence-corrected chi connectivity index (χ4v) is 2.41. The SMILES string of the molecule is CC1Cc2cc(Cl)ccc2C1=C(C#N)C#N. The third-order valence-electron chi connectivity index (χ3n) is 2.87. The Morgan fingerprint density at radius 3 is 2.69 bits per heavy atom. The van der Waals surface area contributed by atoms with Gasteiger partial charge in [0.05, 0.1) is 0 Å². The summed E-state index contributed by atoms with van der Waals surface area (Å²) in [6.45, 7) is 2.03. The van der Waals surface area contributed by atoms with Crippen LogP contribution in [0, 0.1) is 28.6 Å². The molecule has 0 radical (unpaired) electrons. The zero-order valence-electron chi connectivity index (χ0n) is 8.79. The van der Waals surface area contributed by atoms with E-state index >= 15 is 0 Å². The Kier molecular flexibility index (Phi) is 2.69. The normalized spacial score (nSPS) is 17.5. The summed E-state index contributed by atoms with van der Waals surface area (Å²) in [7, 11) is 0. The first-order valence-electron chi connectivity index (χ1n) is 5.00. The standard InChI is InChI=1S/C13H9ClN2/c1-8-4-9-5-11(14)2-3-12(9)13(8)10(6-15)7-16/h2-3,5,8H,4H2,1H3. The van der Waals surface area contributed by atoms with E-state index in [1.165, 1.54) is 0 Å². The highest BCUT2D eigenvalue weighted by atomic mass is 35.5. The van der Waals surface area contributed by atoms with Crippen molar-refractivity contribution in [3.63, 3.8) is 0 Å². The van der Waals surface area contributed by atoms with Crippen LogP contribution in [0.2, 0.25) is 5.02 Å². The molecule has 1 aromatic rings. The zero-order chi connectivity index (χ0) is 11.7. The summed E-state index contributed by atoms with van der Waals surface area (Å²) in [5, 5.41) is 18.6. The molecule has 0 fully saturated rings. The van der Waals surface area contributed by atoms with E-state index in [4.69, 9.17) is 22.1 Å². The number of rotatable bonds is 0. The molecular weight excluding hydrogens is 220 g/mol. The molecule has 0 aromatic heterocycles. The fourth-order valence-electron chi connectivity index (χ4n) is 2.22. The maximum atomic E-state index is 8.93. The summed E-state index contributed by atoms with van der Waals surface area (Å²) in [6.07, 6.45) is 0.845. The highest BCUT2D eigenvalue weighted by Crippen LogP contribution is 2.39. The van der Waals surface area contributed by atoms with Gasteiger partial charge in [0.15, 0.2) is 0 Å². The lowest BCUT2D eigenvalue weighted by Crippen LogP contribution is -1.94. The number of allylic oxidation sites excluding steroid dienone is 2. The number of benzene rings is 1. The first-order chi connectivity index (χ1) is 7.67. The lowest BCUT2D eigenvalue weighted by Gasteiger charge is -2.04. The van der Waals surface area contributed by atoms with Crippen molar-refractivity contribution >= 4 is 17.2 Å². The first kappa shape index (κ1) is 10.7. The molecule has 1 aliphatic carbocycles. The van der Waals surface area contributed by atoms with Crippen molar-refractivity contribution < 1.29 is 0 Å². The van der Waals surface area contributed by atoms with Crippen molar-refractivity contribution in [2.75, 3.05) is 0 Å². The van der Waals surface area contributed by atoms with Crippen LogP contribution < -0.4 is 0 Å². The molecule has 78 valence electrons. The summed E-state index contributed by atoms with van der Waals surface area (Å²) < 4.78 is 0. The molecule has 0 N–H and O–H groups in total. The maximum Gasteiger partial charge on any atom is 0.133 e.